The average molecular weight is 250 g/mol. The number of anilines is 1. The van der Waals surface area contributed by atoms with Crippen LogP contribution < -0.4 is 10.1 Å². The summed E-state index contributed by atoms with van der Waals surface area (Å²) in [7, 11) is 1.56. The summed E-state index contributed by atoms with van der Waals surface area (Å²) < 4.78 is 5.05. The maximum absolute atomic E-state index is 11.8. The molecule has 0 aromatic carbocycles. The SMILES string of the molecule is COc1ccnc(NC(=O)CC2(O)CCCC2)c1. The number of nitrogens with one attached hydrogen (secondary N) is 1. The maximum Gasteiger partial charge on any atom is 0.228 e. The van der Waals surface area contributed by atoms with Crippen molar-refractivity contribution in [1.29, 1.82) is 0 Å². The minimum absolute atomic E-state index is 0.131. The lowest BCUT2D eigenvalue weighted by Gasteiger charge is -2.20. The van der Waals surface area contributed by atoms with Crippen LogP contribution in [-0.4, -0.2) is 28.7 Å². The highest BCUT2D eigenvalue weighted by molar-refractivity contribution is 5.90. The number of amides is 1. The molecule has 5 nitrogen and oxygen atoms in total. The third kappa shape index (κ3) is 3.20. The third-order valence-corrected chi connectivity index (χ3v) is 3.26. The van der Waals surface area contributed by atoms with Crippen molar-refractivity contribution >= 4 is 11.7 Å². The zero-order chi connectivity index (χ0) is 13.0. The van der Waals surface area contributed by atoms with Gasteiger partial charge in [-0.3, -0.25) is 4.79 Å². The molecule has 2 rings (SSSR count). The fourth-order valence-electron chi connectivity index (χ4n) is 2.30. The first-order valence-electron chi connectivity index (χ1n) is 6.14. The predicted octanol–water partition coefficient (Wildman–Crippen LogP) is 1.72. The quantitative estimate of drug-likeness (QED) is 0.853. The van der Waals surface area contributed by atoms with Crippen molar-refractivity contribution in [2.75, 3.05) is 12.4 Å². The minimum atomic E-state index is -0.830. The van der Waals surface area contributed by atoms with Gasteiger partial charge >= 0.3 is 0 Å². The first-order chi connectivity index (χ1) is 8.61. The molecule has 0 unspecified atom stereocenters. The van der Waals surface area contributed by atoms with Gasteiger partial charge in [0.05, 0.1) is 19.1 Å². The van der Waals surface area contributed by atoms with Gasteiger partial charge in [-0.2, -0.15) is 0 Å². The highest BCUT2D eigenvalue weighted by atomic mass is 16.5. The summed E-state index contributed by atoms with van der Waals surface area (Å²) in [6.45, 7) is 0. The number of methoxy groups -OCH3 is 1. The second-order valence-corrected chi connectivity index (χ2v) is 4.74. The largest absolute Gasteiger partial charge is 0.497 e. The number of pyridine rings is 1. The molecule has 1 aromatic heterocycles. The van der Waals surface area contributed by atoms with Gasteiger partial charge in [0.25, 0.3) is 0 Å². The Morgan fingerprint density at radius 3 is 2.94 bits per heavy atom. The molecular weight excluding hydrogens is 232 g/mol. The summed E-state index contributed by atoms with van der Waals surface area (Å²) in [4.78, 5) is 15.9. The van der Waals surface area contributed by atoms with E-state index in [4.69, 9.17) is 4.74 Å². The third-order valence-electron chi connectivity index (χ3n) is 3.26. The van der Waals surface area contributed by atoms with E-state index in [2.05, 4.69) is 10.3 Å². The Hall–Kier alpha value is -1.62. The summed E-state index contributed by atoms with van der Waals surface area (Å²) in [5.74, 6) is 0.876. The predicted molar refractivity (Wildman–Crippen MR) is 67.5 cm³/mol. The van der Waals surface area contributed by atoms with Crippen LogP contribution in [0, 0.1) is 0 Å². The lowest BCUT2D eigenvalue weighted by atomic mass is 9.98. The van der Waals surface area contributed by atoms with E-state index in [0.29, 0.717) is 24.4 Å². The molecule has 0 saturated heterocycles. The molecule has 18 heavy (non-hydrogen) atoms. The molecule has 0 atom stereocenters. The van der Waals surface area contributed by atoms with Gasteiger partial charge in [0, 0.05) is 12.3 Å². The van der Waals surface area contributed by atoms with Crippen molar-refractivity contribution in [3.05, 3.63) is 18.3 Å². The number of ether oxygens (including phenoxy) is 1. The van der Waals surface area contributed by atoms with Gasteiger partial charge < -0.3 is 15.2 Å². The molecule has 1 heterocycles. The number of aliphatic hydroxyl groups is 1. The van der Waals surface area contributed by atoms with Gasteiger partial charge in [0.15, 0.2) is 0 Å². The van der Waals surface area contributed by atoms with E-state index in [1.807, 2.05) is 0 Å². The van der Waals surface area contributed by atoms with Gasteiger partial charge in [-0.1, -0.05) is 12.8 Å². The van der Waals surface area contributed by atoms with Crippen molar-refractivity contribution in [3.8, 4) is 5.75 Å². The van der Waals surface area contributed by atoms with Gasteiger partial charge in [-0.25, -0.2) is 4.98 Å². The standard InChI is InChI=1S/C13H18N2O3/c1-18-10-4-7-14-11(8-10)15-12(16)9-13(17)5-2-3-6-13/h4,7-8,17H,2-3,5-6,9H2,1H3,(H,14,15,16). The van der Waals surface area contributed by atoms with Gasteiger partial charge in [0.1, 0.15) is 11.6 Å². The van der Waals surface area contributed by atoms with Crippen LogP contribution >= 0.6 is 0 Å². The molecule has 1 fully saturated rings. The zero-order valence-electron chi connectivity index (χ0n) is 10.5. The van der Waals surface area contributed by atoms with Crippen molar-refractivity contribution in [2.45, 2.75) is 37.7 Å². The van der Waals surface area contributed by atoms with E-state index < -0.39 is 5.60 Å². The number of rotatable bonds is 4. The lowest BCUT2D eigenvalue weighted by molar-refractivity contribution is -0.120. The Morgan fingerprint density at radius 2 is 2.28 bits per heavy atom. The van der Waals surface area contributed by atoms with E-state index >= 15 is 0 Å². The van der Waals surface area contributed by atoms with Crippen LogP contribution in [0.5, 0.6) is 5.75 Å². The van der Waals surface area contributed by atoms with Gasteiger partial charge in [0.2, 0.25) is 5.91 Å². The van der Waals surface area contributed by atoms with Crippen molar-refractivity contribution < 1.29 is 14.6 Å². The topological polar surface area (TPSA) is 71.5 Å². The molecule has 1 amide bonds. The minimum Gasteiger partial charge on any atom is -0.497 e. The summed E-state index contributed by atoms with van der Waals surface area (Å²) in [6.07, 6.45) is 5.07. The van der Waals surface area contributed by atoms with Crippen LogP contribution in [0.15, 0.2) is 18.3 Å². The lowest BCUT2D eigenvalue weighted by Crippen LogP contribution is -2.30. The number of hydrogen-bond donors (Lipinski definition) is 2. The smallest absolute Gasteiger partial charge is 0.228 e. The monoisotopic (exact) mass is 250 g/mol. The van der Waals surface area contributed by atoms with E-state index in [1.165, 1.54) is 0 Å². The molecule has 0 spiro atoms. The molecule has 1 aliphatic carbocycles. The van der Waals surface area contributed by atoms with Crippen LogP contribution in [0.1, 0.15) is 32.1 Å². The second kappa shape index (κ2) is 5.35. The zero-order valence-corrected chi connectivity index (χ0v) is 10.5. The molecule has 1 aromatic rings. The summed E-state index contributed by atoms with van der Waals surface area (Å²) in [6, 6.07) is 3.36. The number of carbonyl (C=O) groups excluding carboxylic acids is 1. The van der Waals surface area contributed by atoms with E-state index in [-0.39, 0.29) is 12.3 Å². The molecule has 5 heteroatoms. The Labute approximate surface area is 106 Å². The highest BCUT2D eigenvalue weighted by Gasteiger charge is 2.33. The van der Waals surface area contributed by atoms with E-state index in [1.54, 1.807) is 25.4 Å². The van der Waals surface area contributed by atoms with E-state index in [9.17, 15) is 9.90 Å². The second-order valence-electron chi connectivity index (χ2n) is 4.74. The van der Waals surface area contributed by atoms with Crippen LogP contribution in [-0.2, 0) is 4.79 Å². The van der Waals surface area contributed by atoms with Crippen molar-refractivity contribution in [2.24, 2.45) is 0 Å². The molecular formula is C13H18N2O3. The molecule has 1 aliphatic rings. The molecule has 1 saturated carbocycles. The van der Waals surface area contributed by atoms with Crippen LogP contribution in [0.2, 0.25) is 0 Å². The van der Waals surface area contributed by atoms with Gasteiger partial charge in [-0.05, 0) is 18.9 Å². The normalized spacial score (nSPS) is 17.4. The summed E-state index contributed by atoms with van der Waals surface area (Å²) >= 11 is 0. The number of nitrogens with zero attached hydrogens (tertiary/aromatic N) is 1. The number of aromatic nitrogens is 1. The fourth-order valence-corrected chi connectivity index (χ4v) is 2.30. The Morgan fingerprint density at radius 1 is 1.56 bits per heavy atom. The molecule has 2 N–H and O–H groups in total. The molecule has 0 radical (unpaired) electrons. The summed E-state index contributed by atoms with van der Waals surface area (Å²) in [5.41, 5.74) is -0.830. The molecule has 0 bridgehead atoms. The van der Waals surface area contributed by atoms with Crippen molar-refractivity contribution in [1.82, 2.24) is 4.98 Å². The van der Waals surface area contributed by atoms with Gasteiger partial charge in [-0.15, -0.1) is 0 Å². The number of hydrogen-bond acceptors (Lipinski definition) is 4. The Bertz CT molecular complexity index is 428. The van der Waals surface area contributed by atoms with E-state index in [0.717, 1.165) is 12.8 Å². The highest BCUT2D eigenvalue weighted by Crippen LogP contribution is 2.32. The first kappa shape index (κ1) is 12.8. The molecule has 98 valence electrons. The van der Waals surface area contributed by atoms with Crippen LogP contribution in [0.3, 0.4) is 0 Å². The van der Waals surface area contributed by atoms with Crippen LogP contribution in [0.25, 0.3) is 0 Å². The number of carbonyl (C=O) groups is 1. The Kier molecular flexibility index (Phi) is 3.81. The summed E-state index contributed by atoms with van der Waals surface area (Å²) in [5, 5.41) is 12.8. The average Bonchev–Trinajstić information content (AvgIpc) is 2.75. The van der Waals surface area contributed by atoms with Crippen LogP contribution in [0.4, 0.5) is 5.82 Å². The fraction of sp³-hybridized carbons (Fsp3) is 0.538. The maximum atomic E-state index is 11.8. The Balaban J connectivity index is 1.94. The van der Waals surface area contributed by atoms with Crippen molar-refractivity contribution in [3.63, 3.8) is 0 Å². The first-order valence-corrected chi connectivity index (χ1v) is 6.14. The molecule has 0 aliphatic heterocycles.